The van der Waals surface area contributed by atoms with Crippen LogP contribution in [0.4, 0.5) is 0 Å². The molecule has 11 heteroatoms. The number of ether oxygens (including phenoxy) is 1. The summed E-state index contributed by atoms with van der Waals surface area (Å²) in [6, 6.07) is 12.2. The van der Waals surface area contributed by atoms with E-state index in [2.05, 4.69) is 32.5 Å². The van der Waals surface area contributed by atoms with Crippen LogP contribution in [-0.4, -0.2) is 47.4 Å². The molecule has 0 spiro atoms. The molecule has 0 amide bonds. The Morgan fingerprint density at radius 3 is 2.78 bits per heavy atom. The number of rotatable bonds is 5. The van der Waals surface area contributed by atoms with Crippen molar-refractivity contribution >= 4 is 27.2 Å². The van der Waals surface area contributed by atoms with E-state index < -0.39 is 0 Å². The first kappa shape index (κ1) is 23.0. The Balaban J connectivity index is 1.39. The number of hydrogen-bond acceptors (Lipinski definition) is 9. The second-order valence-electron chi connectivity index (χ2n) is 9.13. The predicted octanol–water partition coefficient (Wildman–Crippen LogP) is 4.64. The summed E-state index contributed by atoms with van der Waals surface area (Å²) >= 11 is 1.58. The number of nitrogens with zero attached hydrogens (tertiary/aromatic N) is 9. The monoisotopic (exact) mass is 509 g/mol. The highest BCUT2D eigenvalue weighted by atomic mass is 32.1. The molecule has 4 aromatic heterocycles. The Morgan fingerprint density at radius 2 is 2.00 bits per heavy atom. The Morgan fingerprint density at radius 1 is 1.16 bits per heavy atom. The van der Waals surface area contributed by atoms with Gasteiger partial charge in [0.2, 0.25) is 5.88 Å². The Labute approximate surface area is 217 Å². The highest BCUT2D eigenvalue weighted by molar-refractivity contribution is 7.16. The maximum atomic E-state index is 9.71. The third kappa shape index (κ3) is 3.94. The third-order valence-corrected chi connectivity index (χ3v) is 7.85. The van der Waals surface area contributed by atoms with Crippen LogP contribution in [0.5, 0.6) is 5.88 Å². The van der Waals surface area contributed by atoms with E-state index in [1.807, 2.05) is 54.4 Å². The lowest BCUT2D eigenvalue weighted by Crippen LogP contribution is -2.31. The van der Waals surface area contributed by atoms with Crippen molar-refractivity contribution in [1.82, 2.24) is 34.3 Å². The van der Waals surface area contributed by atoms with Gasteiger partial charge in [-0.1, -0.05) is 17.3 Å². The van der Waals surface area contributed by atoms with Gasteiger partial charge in [0, 0.05) is 30.3 Å². The molecule has 0 bridgehead atoms. The lowest BCUT2D eigenvalue weighted by molar-refractivity contribution is 0.216. The normalized spacial score (nSPS) is 15.1. The Kier molecular flexibility index (Phi) is 5.70. The van der Waals surface area contributed by atoms with Crippen LogP contribution in [0.3, 0.4) is 0 Å². The molecule has 10 nitrogen and oxygen atoms in total. The van der Waals surface area contributed by atoms with E-state index in [0.717, 1.165) is 58.7 Å². The number of nitriles is 2. The van der Waals surface area contributed by atoms with Gasteiger partial charge >= 0.3 is 0 Å². The molecule has 5 aromatic rings. The van der Waals surface area contributed by atoms with Gasteiger partial charge in [-0.25, -0.2) is 14.6 Å². The summed E-state index contributed by atoms with van der Waals surface area (Å²) in [7, 11) is 0. The SMILES string of the molecule is Cc1c(-c2cc(OC(C)c3cccc4ncsc34)n3c(C#N)cnc3c2)nnn1C1CCN(C#N)CC1. The summed E-state index contributed by atoms with van der Waals surface area (Å²) in [6.45, 7) is 5.44. The minimum atomic E-state index is -0.293. The highest BCUT2D eigenvalue weighted by Gasteiger charge is 2.25. The van der Waals surface area contributed by atoms with Gasteiger partial charge in [-0.05, 0) is 38.8 Å². The van der Waals surface area contributed by atoms with E-state index in [0.29, 0.717) is 17.2 Å². The number of hydrogen-bond donors (Lipinski definition) is 0. The van der Waals surface area contributed by atoms with E-state index in [4.69, 9.17) is 10.00 Å². The molecule has 1 saturated heterocycles. The lowest BCUT2D eigenvalue weighted by atomic mass is 10.0. The topological polar surface area (TPSA) is 121 Å². The summed E-state index contributed by atoms with van der Waals surface area (Å²) in [5.74, 6) is 0.506. The average Bonchev–Trinajstić information content (AvgIpc) is 3.66. The van der Waals surface area contributed by atoms with Crippen LogP contribution < -0.4 is 4.74 Å². The van der Waals surface area contributed by atoms with Crippen molar-refractivity contribution in [3.63, 3.8) is 0 Å². The maximum Gasteiger partial charge on any atom is 0.201 e. The van der Waals surface area contributed by atoms with Crippen LogP contribution in [0.15, 0.2) is 42.0 Å². The molecule has 1 fully saturated rings. The molecule has 1 atom stereocenters. The van der Waals surface area contributed by atoms with Crippen molar-refractivity contribution < 1.29 is 4.74 Å². The largest absolute Gasteiger partial charge is 0.471 e. The maximum absolute atomic E-state index is 9.71. The number of fused-ring (bicyclic) bond motifs is 2. The molecule has 5 heterocycles. The van der Waals surface area contributed by atoms with Gasteiger partial charge in [0.05, 0.1) is 33.7 Å². The minimum absolute atomic E-state index is 0.196. The quantitative estimate of drug-likeness (QED) is 0.314. The van der Waals surface area contributed by atoms with Crippen molar-refractivity contribution in [2.45, 2.75) is 38.8 Å². The third-order valence-electron chi connectivity index (χ3n) is 6.96. The molecule has 0 saturated carbocycles. The fraction of sp³-hybridized carbons (Fsp3) is 0.308. The number of benzene rings is 1. The first-order chi connectivity index (χ1) is 18.1. The van der Waals surface area contributed by atoms with Gasteiger partial charge in [0.25, 0.3) is 0 Å². The average molecular weight is 510 g/mol. The molecule has 0 N–H and O–H groups in total. The van der Waals surface area contributed by atoms with Crippen molar-refractivity contribution in [1.29, 1.82) is 10.5 Å². The Hall–Kier alpha value is -4.48. The molecule has 0 aliphatic carbocycles. The van der Waals surface area contributed by atoms with Crippen LogP contribution >= 0.6 is 11.3 Å². The van der Waals surface area contributed by atoms with E-state index in [1.54, 1.807) is 26.8 Å². The van der Waals surface area contributed by atoms with Crippen molar-refractivity contribution in [2.75, 3.05) is 13.1 Å². The van der Waals surface area contributed by atoms with Gasteiger partial charge in [0.15, 0.2) is 6.19 Å². The predicted molar refractivity (Wildman–Crippen MR) is 138 cm³/mol. The molecule has 37 heavy (non-hydrogen) atoms. The molecule has 1 aliphatic rings. The second-order valence-corrected chi connectivity index (χ2v) is 9.98. The zero-order chi connectivity index (χ0) is 25.5. The first-order valence-electron chi connectivity index (χ1n) is 12.0. The highest BCUT2D eigenvalue weighted by Crippen LogP contribution is 2.34. The molecule has 1 aliphatic heterocycles. The molecule has 1 aromatic carbocycles. The van der Waals surface area contributed by atoms with Crippen LogP contribution in [0, 0.1) is 29.7 Å². The number of aromatic nitrogens is 6. The van der Waals surface area contributed by atoms with Gasteiger partial charge in [-0.3, -0.25) is 4.40 Å². The number of likely N-dealkylation sites (tertiary alicyclic amines) is 1. The molecular weight excluding hydrogens is 486 g/mol. The lowest BCUT2D eigenvalue weighted by Gasteiger charge is -2.28. The van der Waals surface area contributed by atoms with Crippen molar-refractivity contribution in [3.8, 4) is 29.4 Å². The zero-order valence-electron chi connectivity index (χ0n) is 20.4. The van der Waals surface area contributed by atoms with Crippen LogP contribution in [0.2, 0.25) is 0 Å². The van der Waals surface area contributed by atoms with Gasteiger partial charge < -0.3 is 9.64 Å². The standard InChI is InChI=1S/C26H23N9OS/c1-16-25(31-32-35(16)19-6-8-33(14-28)9-7-19)18-10-23-29-13-20(12-27)34(23)24(11-18)36-17(2)21-4-3-5-22-26(21)37-15-30-22/h3-5,10-11,13,15,17,19H,6-9H2,1-2H3. The van der Waals surface area contributed by atoms with Gasteiger partial charge in [0.1, 0.15) is 29.2 Å². The van der Waals surface area contributed by atoms with Gasteiger partial charge in [-0.15, -0.1) is 16.4 Å². The smallest absolute Gasteiger partial charge is 0.201 e. The number of thiazole rings is 1. The number of imidazole rings is 1. The van der Waals surface area contributed by atoms with E-state index in [1.165, 1.54) is 0 Å². The Bertz CT molecular complexity index is 1690. The number of piperidine rings is 1. The summed E-state index contributed by atoms with van der Waals surface area (Å²) in [6.07, 6.45) is 5.17. The van der Waals surface area contributed by atoms with Crippen LogP contribution in [0.25, 0.3) is 27.1 Å². The second kappa shape index (κ2) is 9.19. The summed E-state index contributed by atoms with van der Waals surface area (Å²) in [4.78, 5) is 10.7. The molecule has 184 valence electrons. The van der Waals surface area contributed by atoms with E-state index >= 15 is 0 Å². The fourth-order valence-corrected chi connectivity index (χ4v) is 5.90. The summed E-state index contributed by atoms with van der Waals surface area (Å²) in [5, 5.41) is 27.9. The minimum Gasteiger partial charge on any atom is -0.471 e. The van der Waals surface area contributed by atoms with Crippen molar-refractivity contribution in [2.24, 2.45) is 0 Å². The zero-order valence-corrected chi connectivity index (χ0v) is 21.2. The van der Waals surface area contributed by atoms with Crippen molar-refractivity contribution in [3.05, 3.63) is 59.0 Å². The molecule has 0 radical (unpaired) electrons. The molecule has 1 unspecified atom stereocenters. The van der Waals surface area contributed by atoms with E-state index in [9.17, 15) is 5.26 Å². The number of pyridine rings is 1. The summed E-state index contributed by atoms with van der Waals surface area (Å²) < 4.78 is 11.3. The molecular formula is C26H23N9OS. The van der Waals surface area contributed by atoms with Crippen LogP contribution in [-0.2, 0) is 0 Å². The first-order valence-corrected chi connectivity index (χ1v) is 12.9. The van der Waals surface area contributed by atoms with Gasteiger partial charge in [-0.2, -0.15) is 10.5 Å². The van der Waals surface area contributed by atoms with E-state index in [-0.39, 0.29) is 12.1 Å². The van der Waals surface area contributed by atoms with Crippen LogP contribution in [0.1, 0.15) is 48.9 Å². The summed E-state index contributed by atoms with van der Waals surface area (Å²) in [5.41, 5.74) is 7.30. The fourth-order valence-electron chi connectivity index (χ4n) is 5.02. The molecule has 6 rings (SSSR count).